The van der Waals surface area contributed by atoms with Crippen LogP contribution in [-0.4, -0.2) is 30.7 Å². The van der Waals surface area contributed by atoms with Crippen molar-refractivity contribution in [3.8, 4) is 0 Å². The van der Waals surface area contributed by atoms with Crippen molar-refractivity contribution < 1.29 is 14.4 Å². The van der Waals surface area contributed by atoms with Crippen LogP contribution < -0.4 is 11.1 Å². The lowest BCUT2D eigenvalue weighted by Crippen LogP contribution is -2.44. The largest absolute Gasteiger partial charge is 0.588 e. The SMILES string of the molecule is NC(=O)O[N+]1([O-])CCNC1. The summed E-state index contributed by atoms with van der Waals surface area (Å²) in [6, 6.07) is 0. The lowest BCUT2D eigenvalue weighted by Gasteiger charge is -2.30. The van der Waals surface area contributed by atoms with Gasteiger partial charge in [0.25, 0.3) is 0 Å². The number of primary amides is 1. The maximum atomic E-state index is 11.1. The Hall–Kier alpha value is -0.850. The summed E-state index contributed by atoms with van der Waals surface area (Å²) >= 11 is 0. The van der Waals surface area contributed by atoms with Gasteiger partial charge in [0, 0.05) is 0 Å². The molecule has 0 aromatic carbocycles. The first-order valence-electron chi connectivity index (χ1n) is 2.90. The molecule has 1 aliphatic heterocycles. The van der Waals surface area contributed by atoms with Crippen LogP contribution in [0.2, 0.25) is 0 Å². The Labute approximate surface area is 57.7 Å². The summed E-state index contributed by atoms with van der Waals surface area (Å²) in [5, 5.41) is 13.8. The maximum absolute atomic E-state index is 11.1. The van der Waals surface area contributed by atoms with Crippen LogP contribution in [0.3, 0.4) is 0 Å². The first-order valence-corrected chi connectivity index (χ1v) is 2.90. The van der Waals surface area contributed by atoms with Crippen molar-refractivity contribution in [2.45, 2.75) is 0 Å². The zero-order valence-electron chi connectivity index (χ0n) is 5.37. The highest BCUT2D eigenvalue weighted by atomic mass is 16.9. The van der Waals surface area contributed by atoms with Crippen LogP contribution in [-0.2, 0) is 4.84 Å². The number of rotatable bonds is 1. The van der Waals surface area contributed by atoms with E-state index in [-0.39, 0.29) is 13.2 Å². The molecule has 3 N–H and O–H groups in total. The molecule has 6 nitrogen and oxygen atoms in total. The van der Waals surface area contributed by atoms with Crippen molar-refractivity contribution in [3.63, 3.8) is 0 Å². The van der Waals surface area contributed by atoms with Gasteiger partial charge in [0.1, 0.15) is 6.54 Å². The first-order chi connectivity index (χ1) is 4.62. The molecule has 1 unspecified atom stereocenters. The summed E-state index contributed by atoms with van der Waals surface area (Å²) in [4.78, 5) is 13.4. The lowest BCUT2D eigenvalue weighted by molar-refractivity contribution is -1.04. The van der Waals surface area contributed by atoms with E-state index in [4.69, 9.17) is 0 Å². The van der Waals surface area contributed by atoms with Gasteiger partial charge in [0.15, 0.2) is 6.67 Å². The van der Waals surface area contributed by atoms with Crippen molar-refractivity contribution in [3.05, 3.63) is 5.21 Å². The van der Waals surface area contributed by atoms with Gasteiger partial charge in [-0.3, -0.25) is 10.2 Å². The van der Waals surface area contributed by atoms with Crippen LogP contribution in [0, 0.1) is 5.21 Å². The van der Waals surface area contributed by atoms with Gasteiger partial charge in [-0.05, 0) is 0 Å². The predicted octanol–water partition coefficient (Wildman–Crippen LogP) is -1.13. The number of carbonyl (C=O) groups is 1. The van der Waals surface area contributed by atoms with Gasteiger partial charge in [0.05, 0.1) is 6.54 Å². The minimum atomic E-state index is -1.03. The zero-order chi connectivity index (χ0) is 7.61. The number of amides is 1. The van der Waals surface area contributed by atoms with Crippen LogP contribution in [0.25, 0.3) is 0 Å². The van der Waals surface area contributed by atoms with E-state index in [0.717, 1.165) is 0 Å². The zero-order valence-corrected chi connectivity index (χ0v) is 5.37. The molecule has 1 atom stereocenters. The van der Waals surface area contributed by atoms with Gasteiger partial charge >= 0.3 is 6.09 Å². The predicted molar refractivity (Wildman–Crippen MR) is 32.0 cm³/mol. The molecule has 1 rings (SSSR count). The molecule has 0 radical (unpaired) electrons. The van der Waals surface area contributed by atoms with Crippen molar-refractivity contribution in [2.75, 3.05) is 19.8 Å². The molecule has 1 amide bonds. The third-order valence-electron chi connectivity index (χ3n) is 1.24. The average Bonchev–Trinajstić information content (AvgIpc) is 2.12. The molecule has 0 aromatic rings. The molecular weight excluding hydrogens is 138 g/mol. The molecule has 0 aliphatic carbocycles. The summed E-state index contributed by atoms with van der Waals surface area (Å²) in [7, 11) is 0. The molecule has 0 aromatic heterocycles. The summed E-state index contributed by atoms with van der Waals surface area (Å²) in [6.45, 7) is 0.864. The van der Waals surface area contributed by atoms with Crippen LogP contribution in [0.5, 0.6) is 0 Å². The second-order valence-electron chi connectivity index (χ2n) is 2.11. The van der Waals surface area contributed by atoms with Crippen molar-refractivity contribution in [2.24, 2.45) is 5.73 Å². The highest BCUT2D eigenvalue weighted by molar-refractivity contribution is 5.63. The molecule has 1 aliphatic rings. The van der Waals surface area contributed by atoms with Crippen molar-refractivity contribution in [1.29, 1.82) is 0 Å². The van der Waals surface area contributed by atoms with E-state index in [9.17, 15) is 10.0 Å². The molecule has 1 saturated heterocycles. The number of hydroxylamine groups is 4. The fraction of sp³-hybridized carbons (Fsp3) is 0.750. The third kappa shape index (κ3) is 1.56. The molecule has 1 heterocycles. The number of quaternary nitrogens is 1. The number of carbonyl (C=O) groups excluding carboxylic acids is 1. The van der Waals surface area contributed by atoms with Crippen LogP contribution in [0.15, 0.2) is 0 Å². The van der Waals surface area contributed by atoms with Gasteiger partial charge < -0.3 is 10.9 Å². The topological polar surface area (TPSA) is 87.4 Å². The summed E-state index contributed by atoms with van der Waals surface area (Å²) in [6.07, 6.45) is -1.03. The second-order valence-corrected chi connectivity index (χ2v) is 2.11. The number of nitrogens with two attached hydrogens (primary N) is 1. The molecule has 6 heteroatoms. The third-order valence-corrected chi connectivity index (χ3v) is 1.24. The quantitative estimate of drug-likeness (QED) is 0.363. The number of nitrogens with one attached hydrogen (secondary N) is 1. The Morgan fingerprint density at radius 1 is 1.80 bits per heavy atom. The van der Waals surface area contributed by atoms with Crippen molar-refractivity contribution >= 4 is 6.09 Å². The molecular formula is C4H9N3O3. The smallest absolute Gasteiger partial charge is 0.459 e. The van der Waals surface area contributed by atoms with Gasteiger partial charge in [-0.25, -0.2) is 4.79 Å². The maximum Gasteiger partial charge on any atom is 0.459 e. The van der Waals surface area contributed by atoms with Crippen molar-refractivity contribution in [1.82, 2.24) is 5.32 Å². The Bertz CT molecular complexity index is 143. The van der Waals surface area contributed by atoms with E-state index < -0.39 is 10.9 Å². The van der Waals surface area contributed by atoms with E-state index in [0.29, 0.717) is 6.54 Å². The fourth-order valence-corrected chi connectivity index (χ4v) is 0.820. The Morgan fingerprint density at radius 3 is 2.90 bits per heavy atom. The summed E-state index contributed by atoms with van der Waals surface area (Å²) < 4.78 is 0. The van der Waals surface area contributed by atoms with E-state index in [1.54, 1.807) is 0 Å². The van der Waals surface area contributed by atoms with Crippen LogP contribution in [0.1, 0.15) is 0 Å². The van der Waals surface area contributed by atoms with Crippen LogP contribution in [0.4, 0.5) is 4.79 Å². The number of hydrogen-bond acceptors (Lipinski definition) is 4. The standard InChI is InChI=1S/C4H9N3O3/c5-4(8)10-7(9)2-1-6-3-7/h6H,1-3H2,(H2,5,8). The number of nitrogens with zero attached hydrogens (tertiary/aromatic N) is 1. The van der Waals surface area contributed by atoms with E-state index in [1.807, 2.05) is 0 Å². The molecule has 10 heavy (non-hydrogen) atoms. The van der Waals surface area contributed by atoms with E-state index in [2.05, 4.69) is 15.9 Å². The fourth-order valence-electron chi connectivity index (χ4n) is 0.820. The Balaban J connectivity index is 2.43. The minimum Gasteiger partial charge on any atom is -0.588 e. The second kappa shape index (κ2) is 2.41. The van der Waals surface area contributed by atoms with Gasteiger partial charge in [-0.15, -0.1) is 4.81 Å². The Morgan fingerprint density at radius 2 is 2.50 bits per heavy atom. The average molecular weight is 147 g/mol. The van der Waals surface area contributed by atoms with Crippen LogP contribution >= 0.6 is 0 Å². The molecule has 0 bridgehead atoms. The molecule has 1 fully saturated rings. The summed E-state index contributed by atoms with van der Waals surface area (Å²) in [5.74, 6) is 0. The van der Waals surface area contributed by atoms with E-state index in [1.165, 1.54) is 0 Å². The highest BCUT2D eigenvalue weighted by Gasteiger charge is 2.26. The van der Waals surface area contributed by atoms with E-state index >= 15 is 0 Å². The first kappa shape index (κ1) is 7.26. The highest BCUT2D eigenvalue weighted by Crippen LogP contribution is 2.06. The number of hydrogen-bond donors (Lipinski definition) is 2. The molecule has 0 spiro atoms. The van der Waals surface area contributed by atoms with Gasteiger partial charge in [0.2, 0.25) is 0 Å². The normalized spacial score (nSPS) is 32.1. The van der Waals surface area contributed by atoms with Gasteiger partial charge in [-0.2, -0.15) is 0 Å². The lowest BCUT2D eigenvalue weighted by atomic mass is 10.7. The monoisotopic (exact) mass is 147 g/mol. The van der Waals surface area contributed by atoms with Gasteiger partial charge in [-0.1, -0.05) is 0 Å². The molecule has 58 valence electrons. The summed E-state index contributed by atoms with van der Waals surface area (Å²) in [5.41, 5.74) is 4.65. The molecule has 0 saturated carbocycles. The Kier molecular flexibility index (Phi) is 1.75. The minimum absolute atomic E-state index is 0.0862.